The number of likely N-dealkylation sites (tertiary alicyclic amines) is 1. The van der Waals surface area contributed by atoms with E-state index in [4.69, 9.17) is 14.1 Å². The molecule has 3 heterocycles. The van der Waals surface area contributed by atoms with Crippen LogP contribution in [0.5, 0.6) is 5.75 Å². The lowest BCUT2D eigenvalue weighted by molar-refractivity contribution is 0.0782. The molecule has 5 aromatic rings. The van der Waals surface area contributed by atoms with Crippen molar-refractivity contribution >= 4 is 22.9 Å². The molecule has 2 aromatic heterocycles. The Bertz CT molecular complexity index is 1640. The number of amides is 1. The van der Waals surface area contributed by atoms with E-state index in [2.05, 4.69) is 45.1 Å². The second-order valence-corrected chi connectivity index (χ2v) is 11.7. The fraction of sp³-hybridized carbons (Fsp3) is 0.333. The smallest absolute Gasteiger partial charge is 0.253 e. The number of fused-ring (bicyclic) bond motifs is 1. The van der Waals surface area contributed by atoms with Crippen LogP contribution in [0.3, 0.4) is 0 Å². The van der Waals surface area contributed by atoms with Crippen molar-refractivity contribution in [2.75, 3.05) is 45.7 Å². The number of imidazole rings is 1. The van der Waals surface area contributed by atoms with Crippen LogP contribution in [0.4, 0.5) is 5.95 Å². The average Bonchev–Trinajstić information content (AvgIpc) is 3.71. The van der Waals surface area contributed by atoms with E-state index in [0.29, 0.717) is 24.7 Å². The number of aromatic nitrogens is 2. The molecule has 1 fully saturated rings. The maximum absolute atomic E-state index is 13.2. The van der Waals surface area contributed by atoms with Crippen molar-refractivity contribution in [3.05, 3.63) is 114 Å². The van der Waals surface area contributed by atoms with Gasteiger partial charge in [-0.05, 0) is 73.8 Å². The van der Waals surface area contributed by atoms with Crippen molar-refractivity contribution in [3.8, 4) is 5.75 Å². The minimum Gasteiger partial charge on any atom is -0.497 e. The average molecular weight is 592 g/mol. The third-order valence-corrected chi connectivity index (χ3v) is 8.72. The topological polar surface area (TPSA) is 75.8 Å². The van der Waals surface area contributed by atoms with Crippen LogP contribution >= 0.6 is 0 Å². The fourth-order valence-corrected chi connectivity index (χ4v) is 6.21. The number of furan rings is 1. The van der Waals surface area contributed by atoms with Gasteiger partial charge in [-0.1, -0.05) is 42.5 Å². The molecule has 228 valence electrons. The number of likely N-dealkylation sites (N-methyl/N-ethyl adjacent to an activating group) is 1. The number of methoxy groups -OCH3 is 1. The fourth-order valence-electron chi connectivity index (χ4n) is 6.21. The number of hydrogen-bond acceptors (Lipinski definition) is 6. The number of piperidine rings is 1. The molecule has 1 atom stereocenters. The minimum atomic E-state index is 0.0455. The summed E-state index contributed by atoms with van der Waals surface area (Å²) < 4.78 is 13.1. The molecular formula is C36H41N5O3. The van der Waals surface area contributed by atoms with Gasteiger partial charge in [0.2, 0.25) is 5.95 Å². The second kappa shape index (κ2) is 13.8. The molecule has 1 aliphatic heterocycles. The third kappa shape index (κ3) is 6.97. The van der Waals surface area contributed by atoms with Gasteiger partial charge in [0.25, 0.3) is 5.91 Å². The first-order valence-corrected chi connectivity index (χ1v) is 15.5. The molecule has 1 amide bonds. The van der Waals surface area contributed by atoms with Crippen LogP contribution < -0.4 is 10.1 Å². The lowest BCUT2D eigenvalue weighted by atomic mass is 9.93. The van der Waals surface area contributed by atoms with E-state index >= 15 is 0 Å². The SMILES string of the molecule is COc1cccc(C(CCN2CCC(Nc3nc4ccccc4n3Cc3ccoc3)CC2)CN(C)C(=O)c2ccccc2)c1. The quantitative estimate of drug-likeness (QED) is 0.178. The number of nitrogens with one attached hydrogen (secondary N) is 1. The summed E-state index contributed by atoms with van der Waals surface area (Å²) in [6, 6.07) is 28.4. The molecule has 44 heavy (non-hydrogen) atoms. The Hall–Kier alpha value is -4.56. The molecule has 1 aliphatic rings. The highest BCUT2D eigenvalue weighted by Gasteiger charge is 2.24. The Morgan fingerprint density at radius 2 is 1.84 bits per heavy atom. The first kappa shape index (κ1) is 29.5. The van der Waals surface area contributed by atoms with Gasteiger partial charge in [0.05, 0.1) is 37.2 Å². The number of para-hydroxylation sites is 2. The maximum atomic E-state index is 13.2. The van der Waals surface area contributed by atoms with E-state index < -0.39 is 0 Å². The van der Waals surface area contributed by atoms with Crippen LogP contribution in [0.25, 0.3) is 11.0 Å². The van der Waals surface area contributed by atoms with Gasteiger partial charge in [0, 0.05) is 49.8 Å². The number of rotatable bonds is 12. The van der Waals surface area contributed by atoms with Gasteiger partial charge in [-0.3, -0.25) is 4.79 Å². The second-order valence-electron chi connectivity index (χ2n) is 11.7. The Morgan fingerprint density at radius 3 is 2.61 bits per heavy atom. The predicted octanol–water partition coefficient (Wildman–Crippen LogP) is 6.51. The zero-order chi connectivity index (χ0) is 30.3. The summed E-state index contributed by atoms with van der Waals surface area (Å²) >= 11 is 0. The summed E-state index contributed by atoms with van der Waals surface area (Å²) in [7, 11) is 3.60. The maximum Gasteiger partial charge on any atom is 0.253 e. The predicted molar refractivity (Wildman–Crippen MR) is 174 cm³/mol. The van der Waals surface area contributed by atoms with Crippen molar-refractivity contribution in [3.63, 3.8) is 0 Å². The van der Waals surface area contributed by atoms with Gasteiger partial charge < -0.3 is 28.8 Å². The van der Waals surface area contributed by atoms with Gasteiger partial charge in [-0.15, -0.1) is 0 Å². The van der Waals surface area contributed by atoms with E-state index in [1.807, 2.05) is 66.5 Å². The van der Waals surface area contributed by atoms with Crippen LogP contribution in [0.15, 0.2) is 102 Å². The highest BCUT2D eigenvalue weighted by atomic mass is 16.5. The molecule has 1 unspecified atom stereocenters. The molecule has 0 bridgehead atoms. The molecule has 0 aliphatic carbocycles. The number of nitrogens with zero attached hydrogens (tertiary/aromatic N) is 4. The summed E-state index contributed by atoms with van der Waals surface area (Å²) in [5, 5.41) is 3.77. The summed E-state index contributed by atoms with van der Waals surface area (Å²) in [4.78, 5) is 22.5. The van der Waals surface area contributed by atoms with Crippen molar-refractivity contribution in [2.24, 2.45) is 0 Å². The summed E-state index contributed by atoms with van der Waals surface area (Å²) in [6.07, 6.45) is 6.56. The number of carbonyl (C=O) groups excluding carboxylic acids is 1. The van der Waals surface area contributed by atoms with Crippen molar-refractivity contribution in [1.29, 1.82) is 0 Å². The Balaban J connectivity index is 1.08. The van der Waals surface area contributed by atoms with E-state index in [1.165, 1.54) is 5.56 Å². The van der Waals surface area contributed by atoms with Crippen LogP contribution in [-0.2, 0) is 6.54 Å². The van der Waals surface area contributed by atoms with E-state index in [0.717, 1.165) is 67.2 Å². The number of hydrogen-bond donors (Lipinski definition) is 1. The monoisotopic (exact) mass is 591 g/mol. The van der Waals surface area contributed by atoms with Crippen molar-refractivity contribution in [2.45, 2.75) is 37.8 Å². The molecule has 6 rings (SSSR count). The molecule has 8 nitrogen and oxygen atoms in total. The standard InChI is InChI=1S/C36H41N5O3/c1-39(35(42)28-9-4-3-5-10-28)25-30(29-11-8-12-32(23-29)43-2)15-19-40-20-16-31(17-21-40)37-36-38-33-13-6-7-14-34(33)41(36)24-27-18-22-44-26-27/h3-14,18,22-23,26,30-31H,15-17,19-21,24-25H2,1-2H3,(H,37,38). The molecule has 0 radical (unpaired) electrons. The summed E-state index contributed by atoms with van der Waals surface area (Å²) in [5.74, 6) is 2.00. The lowest BCUT2D eigenvalue weighted by Gasteiger charge is -2.34. The molecule has 8 heteroatoms. The number of anilines is 1. The Kier molecular flexibility index (Phi) is 9.27. The van der Waals surface area contributed by atoms with Gasteiger partial charge in [0.15, 0.2) is 0 Å². The van der Waals surface area contributed by atoms with Crippen LogP contribution in [0, 0.1) is 0 Å². The van der Waals surface area contributed by atoms with Gasteiger partial charge in [0.1, 0.15) is 5.75 Å². The highest BCUT2D eigenvalue weighted by Crippen LogP contribution is 2.27. The Morgan fingerprint density at radius 1 is 1.05 bits per heavy atom. The van der Waals surface area contributed by atoms with E-state index in [9.17, 15) is 4.79 Å². The van der Waals surface area contributed by atoms with E-state index in [1.54, 1.807) is 19.6 Å². The van der Waals surface area contributed by atoms with Crippen LogP contribution in [0.2, 0.25) is 0 Å². The first-order chi connectivity index (χ1) is 21.6. The zero-order valence-electron chi connectivity index (χ0n) is 25.6. The molecule has 1 N–H and O–H groups in total. The van der Waals surface area contributed by atoms with Crippen LogP contribution in [0.1, 0.15) is 46.7 Å². The largest absolute Gasteiger partial charge is 0.497 e. The summed E-state index contributed by atoms with van der Waals surface area (Å²) in [6.45, 7) is 4.37. The lowest BCUT2D eigenvalue weighted by Crippen LogP contribution is -2.40. The Labute approximate surface area is 259 Å². The van der Waals surface area contributed by atoms with Crippen molar-refractivity contribution < 1.29 is 13.9 Å². The molecule has 0 spiro atoms. The minimum absolute atomic E-state index is 0.0455. The van der Waals surface area contributed by atoms with Gasteiger partial charge in [-0.2, -0.15) is 0 Å². The molecule has 0 saturated carbocycles. The zero-order valence-corrected chi connectivity index (χ0v) is 25.6. The number of ether oxygens (including phenoxy) is 1. The highest BCUT2D eigenvalue weighted by molar-refractivity contribution is 5.94. The number of benzene rings is 3. The normalized spacial score (nSPS) is 14.9. The van der Waals surface area contributed by atoms with Crippen molar-refractivity contribution in [1.82, 2.24) is 19.4 Å². The molecular weight excluding hydrogens is 550 g/mol. The van der Waals surface area contributed by atoms with Gasteiger partial charge in [-0.25, -0.2) is 4.98 Å². The first-order valence-electron chi connectivity index (χ1n) is 15.5. The molecule has 3 aromatic carbocycles. The number of carbonyl (C=O) groups is 1. The van der Waals surface area contributed by atoms with Gasteiger partial charge >= 0.3 is 0 Å². The molecule has 1 saturated heterocycles. The summed E-state index contributed by atoms with van der Waals surface area (Å²) in [5.41, 5.74) is 5.15. The van der Waals surface area contributed by atoms with Crippen LogP contribution in [-0.4, -0.2) is 71.6 Å². The van der Waals surface area contributed by atoms with E-state index in [-0.39, 0.29) is 11.8 Å². The third-order valence-electron chi connectivity index (χ3n) is 8.72.